The van der Waals surface area contributed by atoms with E-state index in [1.807, 2.05) is 12.1 Å². The number of rotatable bonds is 5. The first-order chi connectivity index (χ1) is 18.1. The molecule has 5 nitrogen and oxygen atoms in total. The molecule has 214 valence electrons. The third kappa shape index (κ3) is 6.25. The van der Waals surface area contributed by atoms with Crippen LogP contribution in [-0.4, -0.2) is 53.3 Å². The zero-order chi connectivity index (χ0) is 25.4. The lowest BCUT2D eigenvalue weighted by atomic mass is 9.83. The molecular formula is C30H40Cl3N3O2S. The Hall–Kier alpha value is -1.44. The van der Waals surface area contributed by atoms with Crippen molar-refractivity contribution in [2.24, 2.45) is 0 Å². The second kappa shape index (κ2) is 13.5. The molecule has 39 heavy (non-hydrogen) atoms. The maximum absolute atomic E-state index is 11.9. The Balaban J connectivity index is 0.00000176. The molecule has 2 aliphatic heterocycles. The number of thiophene rings is 1. The summed E-state index contributed by atoms with van der Waals surface area (Å²) in [5.74, 6) is -0.329. The number of halogens is 3. The molecule has 2 fully saturated rings. The fraction of sp³-hybridized carbons (Fsp3) is 0.567. The summed E-state index contributed by atoms with van der Waals surface area (Å²) in [6, 6.07) is 8.32. The Morgan fingerprint density at radius 3 is 2.31 bits per heavy atom. The van der Waals surface area contributed by atoms with E-state index in [2.05, 4.69) is 26.5 Å². The molecule has 6 rings (SSSR count). The predicted octanol–water partition coefficient (Wildman–Crippen LogP) is 8.70. The van der Waals surface area contributed by atoms with Crippen molar-refractivity contribution < 1.29 is 9.90 Å². The molecule has 0 unspecified atom stereocenters. The Morgan fingerprint density at radius 2 is 1.59 bits per heavy atom. The number of aromatic nitrogens is 1. The predicted molar refractivity (Wildman–Crippen MR) is 169 cm³/mol. The first-order valence-electron chi connectivity index (χ1n) is 14.3. The number of benzene rings is 1. The van der Waals surface area contributed by atoms with E-state index in [1.165, 1.54) is 116 Å². The van der Waals surface area contributed by atoms with Gasteiger partial charge in [0.1, 0.15) is 4.88 Å². The first-order valence-corrected chi connectivity index (χ1v) is 15.5. The molecule has 0 atom stereocenters. The fourth-order valence-electron chi connectivity index (χ4n) is 6.89. The minimum Gasteiger partial charge on any atom is -0.477 e. The number of aromatic carboxylic acids is 1. The van der Waals surface area contributed by atoms with Crippen molar-refractivity contribution >= 4 is 69.6 Å². The monoisotopic (exact) mass is 611 g/mol. The van der Waals surface area contributed by atoms with E-state index >= 15 is 0 Å². The summed E-state index contributed by atoms with van der Waals surface area (Å²) in [4.78, 5) is 17.6. The van der Waals surface area contributed by atoms with Crippen molar-refractivity contribution in [1.29, 1.82) is 0 Å². The van der Waals surface area contributed by atoms with Crippen LogP contribution in [0.3, 0.4) is 0 Å². The second-order valence-electron chi connectivity index (χ2n) is 11.1. The van der Waals surface area contributed by atoms with E-state index < -0.39 is 5.97 Å². The Morgan fingerprint density at radius 1 is 0.897 bits per heavy atom. The summed E-state index contributed by atoms with van der Waals surface area (Å²) in [6.45, 7) is 6.24. The summed E-state index contributed by atoms with van der Waals surface area (Å²) < 4.78 is 3.62. The molecule has 4 heterocycles. The van der Waals surface area contributed by atoms with E-state index in [4.69, 9.17) is 11.6 Å². The largest absolute Gasteiger partial charge is 0.477 e. The zero-order valence-electron chi connectivity index (χ0n) is 22.5. The van der Waals surface area contributed by atoms with Crippen molar-refractivity contribution in [3.05, 3.63) is 39.7 Å². The summed E-state index contributed by atoms with van der Waals surface area (Å²) in [5.41, 5.74) is 6.30. The van der Waals surface area contributed by atoms with Gasteiger partial charge in [-0.3, -0.25) is 0 Å². The van der Waals surface area contributed by atoms with Crippen LogP contribution in [0.2, 0.25) is 5.02 Å². The summed E-state index contributed by atoms with van der Waals surface area (Å²) in [7, 11) is 0. The molecule has 0 amide bonds. The molecule has 3 aromatic rings. The normalized spacial score (nSPS) is 18.7. The van der Waals surface area contributed by atoms with E-state index in [1.54, 1.807) is 0 Å². The molecule has 1 saturated carbocycles. The van der Waals surface area contributed by atoms with Crippen LogP contribution in [0.1, 0.15) is 85.4 Å². The minimum absolute atomic E-state index is 0. The molecule has 2 aromatic heterocycles. The van der Waals surface area contributed by atoms with Gasteiger partial charge in [0.25, 0.3) is 0 Å². The van der Waals surface area contributed by atoms with Crippen molar-refractivity contribution in [2.45, 2.75) is 76.7 Å². The van der Waals surface area contributed by atoms with Crippen molar-refractivity contribution in [3.63, 3.8) is 0 Å². The van der Waals surface area contributed by atoms with Gasteiger partial charge in [0.2, 0.25) is 0 Å². The number of hydrogen-bond acceptors (Lipinski definition) is 4. The molecule has 0 spiro atoms. The van der Waals surface area contributed by atoms with Gasteiger partial charge >= 0.3 is 5.97 Å². The lowest BCUT2D eigenvalue weighted by molar-refractivity contribution is 0.0702. The van der Waals surface area contributed by atoms with Crippen LogP contribution in [-0.2, 0) is 6.54 Å². The van der Waals surface area contributed by atoms with Gasteiger partial charge in [0.15, 0.2) is 0 Å². The second-order valence-corrected chi connectivity index (χ2v) is 12.6. The number of hydrogen-bond donors (Lipinski definition) is 1. The number of anilines is 1. The smallest absolute Gasteiger partial charge is 0.345 e. The summed E-state index contributed by atoms with van der Waals surface area (Å²) >= 11 is 8.08. The van der Waals surface area contributed by atoms with Crippen LogP contribution < -0.4 is 4.90 Å². The molecule has 1 aliphatic carbocycles. The number of nitrogens with zero attached hydrogens (tertiary/aromatic N) is 3. The fourth-order valence-corrected chi connectivity index (χ4v) is 8.18. The standard InChI is InChI=1S/C30H38ClN3O2S.2ClH/c31-22-11-12-23-24(19-22)33(16-15-32-13-7-2-1-3-8-14-32)17-18-34-25-20-26(30(35)36)37-29(25)27(28(23)34)21-9-5-4-6-10-21;;/h11-12,19-21H,1-10,13-18H2,(H,35,36);2*1H. The minimum atomic E-state index is -0.819. The molecule has 1 N–H and O–H groups in total. The average molecular weight is 613 g/mol. The number of carbonyl (C=O) groups is 1. The van der Waals surface area contributed by atoms with Crippen molar-refractivity contribution in [3.8, 4) is 11.3 Å². The molecule has 0 bridgehead atoms. The van der Waals surface area contributed by atoms with Gasteiger partial charge in [0.05, 0.1) is 15.9 Å². The summed E-state index contributed by atoms with van der Waals surface area (Å²) in [6.07, 6.45) is 12.9. The maximum Gasteiger partial charge on any atom is 0.345 e. The highest BCUT2D eigenvalue weighted by molar-refractivity contribution is 7.21. The highest BCUT2D eigenvalue weighted by Gasteiger charge is 2.32. The Labute approximate surface area is 253 Å². The van der Waals surface area contributed by atoms with E-state index in [-0.39, 0.29) is 24.8 Å². The molecule has 9 heteroatoms. The zero-order valence-corrected chi connectivity index (χ0v) is 25.7. The van der Waals surface area contributed by atoms with Gasteiger partial charge in [-0.15, -0.1) is 36.2 Å². The number of fused-ring (bicyclic) bond motifs is 5. The van der Waals surface area contributed by atoms with Gasteiger partial charge in [-0.25, -0.2) is 4.79 Å². The molecule has 0 radical (unpaired) electrons. The van der Waals surface area contributed by atoms with Gasteiger partial charge < -0.3 is 19.5 Å². The van der Waals surface area contributed by atoms with Crippen LogP contribution in [0.25, 0.3) is 21.5 Å². The quantitative estimate of drug-likeness (QED) is 0.313. The van der Waals surface area contributed by atoms with E-state index in [0.717, 1.165) is 36.7 Å². The van der Waals surface area contributed by atoms with E-state index in [0.29, 0.717) is 10.8 Å². The number of carboxylic acids is 1. The van der Waals surface area contributed by atoms with Crippen LogP contribution in [0.15, 0.2) is 24.3 Å². The van der Waals surface area contributed by atoms with Crippen LogP contribution in [0.4, 0.5) is 5.69 Å². The SMILES string of the molecule is Cl.Cl.O=C(O)c1cc2c(s1)c(C1CCCCC1)c1n2CCN(CCN2CCCCCCC2)c2cc(Cl)ccc2-1. The lowest BCUT2D eigenvalue weighted by Gasteiger charge is -2.30. The van der Waals surface area contributed by atoms with Crippen LogP contribution in [0, 0.1) is 0 Å². The highest BCUT2D eigenvalue weighted by Crippen LogP contribution is 2.49. The third-order valence-electron chi connectivity index (χ3n) is 8.78. The van der Waals surface area contributed by atoms with Crippen LogP contribution >= 0.6 is 47.8 Å². The van der Waals surface area contributed by atoms with Gasteiger partial charge in [-0.1, -0.05) is 50.1 Å². The third-order valence-corrected chi connectivity index (χ3v) is 10.2. The maximum atomic E-state index is 11.9. The molecular weight excluding hydrogens is 573 g/mol. The first kappa shape index (κ1) is 30.5. The molecule has 1 saturated heterocycles. The van der Waals surface area contributed by atoms with Crippen molar-refractivity contribution in [1.82, 2.24) is 9.47 Å². The van der Waals surface area contributed by atoms with Crippen molar-refractivity contribution in [2.75, 3.05) is 37.6 Å². The molecule has 3 aliphatic rings. The number of likely N-dealkylation sites (tertiary alicyclic amines) is 1. The Bertz CT molecular complexity index is 1280. The van der Waals surface area contributed by atoms with Gasteiger partial charge in [0, 0.05) is 42.5 Å². The van der Waals surface area contributed by atoms with Gasteiger partial charge in [-0.2, -0.15) is 0 Å². The van der Waals surface area contributed by atoms with Crippen LogP contribution in [0.5, 0.6) is 0 Å². The Kier molecular flexibility index (Phi) is 10.5. The summed E-state index contributed by atoms with van der Waals surface area (Å²) in [5, 5.41) is 10.6. The van der Waals surface area contributed by atoms with Gasteiger partial charge in [-0.05, 0) is 74.5 Å². The highest BCUT2D eigenvalue weighted by atomic mass is 35.5. The lowest BCUT2D eigenvalue weighted by Crippen LogP contribution is -2.37. The van der Waals surface area contributed by atoms with E-state index in [9.17, 15) is 9.90 Å². The topological polar surface area (TPSA) is 48.7 Å². The molecule has 1 aromatic carbocycles. The average Bonchev–Trinajstić information content (AvgIpc) is 3.39. The number of carboxylic acid groups (broad SMARTS) is 1.